The van der Waals surface area contributed by atoms with Crippen LogP contribution in [0.25, 0.3) is 0 Å². The number of urea groups is 1. The molecular weight excluding hydrogens is 458 g/mol. The highest BCUT2D eigenvalue weighted by Crippen LogP contribution is 2.13. The molecule has 0 aromatic heterocycles. The van der Waals surface area contributed by atoms with Crippen molar-refractivity contribution in [3.8, 4) is 0 Å². The van der Waals surface area contributed by atoms with Gasteiger partial charge in [-0.3, -0.25) is 0 Å². The highest BCUT2D eigenvalue weighted by molar-refractivity contribution is 5.79. The summed E-state index contributed by atoms with van der Waals surface area (Å²) in [6.07, 6.45) is 2.84. The molecule has 0 saturated carbocycles. The average molecular weight is 496 g/mol. The number of benzene rings is 2. The number of hydrogen-bond acceptors (Lipinski definition) is 5. The predicted octanol–water partition coefficient (Wildman–Crippen LogP) is 4.34. The van der Waals surface area contributed by atoms with Crippen LogP contribution in [-0.4, -0.2) is 79.2 Å². The quantitative estimate of drug-likeness (QED) is 0.484. The Hall–Kier alpha value is -3.55. The van der Waals surface area contributed by atoms with Crippen LogP contribution >= 0.6 is 0 Å². The van der Waals surface area contributed by atoms with E-state index in [0.717, 1.165) is 49.9 Å². The number of rotatable bonds is 9. The molecule has 194 valence electrons. The van der Waals surface area contributed by atoms with Crippen LogP contribution in [-0.2, 0) is 27.3 Å². The summed E-state index contributed by atoms with van der Waals surface area (Å²) in [5.74, 6) is -0.599. The van der Waals surface area contributed by atoms with Gasteiger partial charge in [0, 0.05) is 46.7 Å². The molecular formula is C28H37N3O5. The van der Waals surface area contributed by atoms with E-state index in [9.17, 15) is 14.4 Å². The van der Waals surface area contributed by atoms with Gasteiger partial charge >= 0.3 is 18.1 Å². The average Bonchev–Trinajstić information content (AvgIpc) is 3.20. The molecule has 1 saturated heterocycles. The highest BCUT2D eigenvalue weighted by atomic mass is 16.6. The zero-order chi connectivity index (χ0) is 25.8. The first-order valence-electron chi connectivity index (χ1n) is 12.6. The van der Waals surface area contributed by atoms with Crippen molar-refractivity contribution < 1.29 is 23.9 Å². The molecule has 2 aromatic rings. The van der Waals surface area contributed by atoms with Crippen molar-refractivity contribution >= 4 is 18.1 Å². The van der Waals surface area contributed by atoms with Gasteiger partial charge in [-0.1, -0.05) is 73.5 Å². The third-order valence-corrected chi connectivity index (χ3v) is 6.28. The summed E-state index contributed by atoms with van der Waals surface area (Å²) in [6.45, 7) is 2.29. The highest BCUT2D eigenvalue weighted by Gasteiger charge is 2.27. The first-order valence-corrected chi connectivity index (χ1v) is 12.6. The first-order chi connectivity index (χ1) is 17.4. The molecule has 0 bridgehead atoms. The van der Waals surface area contributed by atoms with Crippen molar-refractivity contribution in [2.75, 3.05) is 40.3 Å². The molecule has 8 heteroatoms. The Labute approximate surface area is 213 Å². The molecule has 1 aliphatic rings. The fraction of sp³-hybridized carbons (Fsp3) is 0.464. The summed E-state index contributed by atoms with van der Waals surface area (Å²) in [5, 5.41) is 0. The van der Waals surface area contributed by atoms with Crippen molar-refractivity contribution in [1.82, 2.24) is 14.7 Å². The molecule has 1 fully saturated rings. The number of nitrogens with zero attached hydrogens (tertiary/aromatic N) is 3. The molecule has 8 nitrogen and oxygen atoms in total. The van der Waals surface area contributed by atoms with E-state index in [1.54, 1.807) is 19.0 Å². The van der Waals surface area contributed by atoms with Gasteiger partial charge in [0.25, 0.3) is 0 Å². The molecule has 0 spiro atoms. The van der Waals surface area contributed by atoms with Crippen LogP contribution in [0.1, 0.15) is 36.8 Å². The van der Waals surface area contributed by atoms with Gasteiger partial charge in [-0.2, -0.15) is 0 Å². The Morgan fingerprint density at radius 2 is 1.36 bits per heavy atom. The summed E-state index contributed by atoms with van der Waals surface area (Å²) in [6, 6.07) is 18.7. The zero-order valence-corrected chi connectivity index (χ0v) is 21.3. The van der Waals surface area contributed by atoms with E-state index in [1.807, 2.05) is 65.6 Å². The number of ether oxygens (including phenoxy) is 2. The number of carbonyl (C=O) groups is 3. The van der Waals surface area contributed by atoms with Gasteiger partial charge in [-0.05, 0) is 24.0 Å². The fourth-order valence-electron chi connectivity index (χ4n) is 4.02. The third kappa shape index (κ3) is 8.59. The Kier molecular flexibility index (Phi) is 10.6. The molecule has 0 N–H and O–H groups in total. The monoisotopic (exact) mass is 495 g/mol. The number of carbonyl (C=O) groups excluding carboxylic acids is 3. The van der Waals surface area contributed by atoms with E-state index < -0.39 is 18.2 Å². The maximum absolute atomic E-state index is 12.9. The Morgan fingerprint density at radius 1 is 0.806 bits per heavy atom. The van der Waals surface area contributed by atoms with Crippen LogP contribution in [0.3, 0.4) is 0 Å². The van der Waals surface area contributed by atoms with Gasteiger partial charge in [0.1, 0.15) is 6.61 Å². The van der Waals surface area contributed by atoms with E-state index >= 15 is 0 Å². The van der Waals surface area contributed by atoms with E-state index in [4.69, 9.17) is 9.47 Å². The van der Waals surface area contributed by atoms with E-state index in [-0.39, 0.29) is 25.6 Å². The SMILES string of the molecule is CN(CCN(C)C(=O)N1CCCCCC1)C(=O)O[C@@H](Cc1ccccc1)C(=O)OCc1ccccc1. The molecule has 3 rings (SSSR count). The van der Waals surface area contributed by atoms with E-state index in [2.05, 4.69) is 0 Å². The van der Waals surface area contributed by atoms with Crippen molar-refractivity contribution in [2.45, 2.75) is 44.8 Å². The standard InChI is InChI=1S/C28H37N3O5/c1-29(27(33)31-17-11-3-4-12-18-31)19-20-30(2)28(34)36-25(21-23-13-7-5-8-14-23)26(32)35-22-24-15-9-6-10-16-24/h5-10,13-16,25H,3-4,11-12,17-22H2,1-2H3/t25-/m0/s1. The van der Waals surface area contributed by atoms with Gasteiger partial charge < -0.3 is 24.2 Å². The van der Waals surface area contributed by atoms with Gasteiger partial charge in [-0.15, -0.1) is 0 Å². The van der Waals surface area contributed by atoms with Crippen molar-refractivity contribution in [3.05, 3.63) is 71.8 Å². The molecule has 0 unspecified atom stereocenters. The number of likely N-dealkylation sites (N-methyl/N-ethyl adjacent to an activating group) is 2. The smallest absolute Gasteiger partial charge is 0.410 e. The summed E-state index contributed by atoms with van der Waals surface area (Å²) >= 11 is 0. The maximum Gasteiger partial charge on any atom is 0.410 e. The third-order valence-electron chi connectivity index (χ3n) is 6.28. The van der Waals surface area contributed by atoms with Gasteiger partial charge in [0.05, 0.1) is 0 Å². The maximum atomic E-state index is 12.9. The minimum atomic E-state index is -1.08. The number of likely N-dealkylation sites (tertiary alicyclic amines) is 1. The van der Waals surface area contributed by atoms with Crippen LogP contribution in [0, 0.1) is 0 Å². The first kappa shape index (κ1) is 27.0. The van der Waals surface area contributed by atoms with Crippen LogP contribution in [0.4, 0.5) is 9.59 Å². The summed E-state index contributed by atoms with van der Waals surface area (Å²) in [7, 11) is 3.34. The number of amides is 3. The summed E-state index contributed by atoms with van der Waals surface area (Å²) < 4.78 is 11.0. The molecule has 3 amide bonds. The lowest BCUT2D eigenvalue weighted by Crippen LogP contribution is -2.45. The molecule has 1 atom stereocenters. The molecule has 2 aromatic carbocycles. The van der Waals surface area contributed by atoms with E-state index in [1.165, 1.54) is 4.90 Å². The Morgan fingerprint density at radius 3 is 1.97 bits per heavy atom. The largest absolute Gasteiger partial charge is 0.458 e. The number of hydrogen-bond donors (Lipinski definition) is 0. The molecule has 1 aliphatic heterocycles. The predicted molar refractivity (Wildman–Crippen MR) is 137 cm³/mol. The minimum absolute atomic E-state index is 0.0230. The molecule has 36 heavy (non-hydrogen) atoms. The normalized spacial score (nSPS) is 14.3. The fourth-order valence-corrected chi connectivity index (χ4v) is 4.02. The zero-order valence-electron chi connectivity index (χ0n) is 21.3. The van der Waals surface area contributed by atoms with Crippen molar-refractivity contribution in [3.63, 3.8) is 0 Å². The number of esters is 1. The van der Waals surface area contributed by atoms with Crippen LogP contribution in [0.2, 0.25) is 0 Å². The Bertz CT molecular complexity index is 962. The Balaban J connectivity index is 1.54. The lowest BCUT2D eigenvalue weighted by Gasteiger charge is -2.28. The van der Waals surface area contributed by atoms with Crippen LogP contribution in [0.5, 0.6) is 0 Å². The second-order valence-corrected chi connectivity index (χ2v) is 9.18. The lowest BCUT2D eigenvalue weighted by atomic mass is 10.1. The second kappa shape index (κ2) is 14.1. The summed E-state index contributed by atoms with van der Waals surface area (Å²) in [4.78, 5) is 43.3. The van der Waals surface area contributed by atoms with Crippen molar-refractivity contribution in [1.29, 1.82) is 0 Å². The lowest BCUT2D eigenvalue weighted by molar-refractivity contribution is -0.155. The van der Waals surface area contributed by atoms with Gasteiger partial charge in [0.15, 0.2) is 0 Å². The van der Waals surface area contributed by atoms with Crippen LogP contribution in [0.15, 0.2) is 60.7 Å². The topological polar surface area (TPSA) is 79.4 Å². The molecule has 0 radical (unpaired) electrons. The van der Waals surface area contributed by atoms with Crippen molar-refractivity contribution in [2.24, 2.45) is 0 Å². The van der Waals surface area contributed by atoms with Crippen LogP contribution < -0.4 is 0 Å². The van der Waals surface area contributed by atoms with E-state index in [0.29, 0.717) is 6.54 Å². The van der Waals surface area contributed by atoms with Gasteiger partial charge in [0.2, 0.25) is 6.10 Å². The minimum Gasteiger partial charge on any atom is -0.458 e. The summed E-state index contributed by atoms with van der Waals surface area (Å²) in [5.41, 5.74) is 1.71. The van der Waals surface area contributed by atoms with Gasteiger partial charge in [-0.25, -0.2) is 14.4 Å². The molecule has 0 aliphatic carbocycles. The second-order valence-electron chi connectivity index (χ2n) is 9.18. The molecule has 1 heterocycles.